The Balaban J connectivity index is 1.90. The Morgan fingerprint density at radius 2 is 2.05 bits per heavy atom. The average Bonchev–Trinajstić information content (AvgIpc) is 2.89. The fourth-order valence-electron chi connectivity index (χ4n) is 1.78. The van der Waals surface area contributed by atoms with Crippen LogP contribution in [0, 0.1) is 0 Å². The summed E-state index contributed by atoms with van der Waals surface area (Å²) in [5.41, 5.74) is 1.89. The first-order valence-electron chi connectivity index (χ1n) is 6.45. The van der Waals surface area contributed by atoms with Crippen molar-refractivity contribution < 1.29 is 4.74 Å². The molecule has 0 fully saturated rings. The lowest BCUT2D eigenvalue weighted by Crippen LogP contribution is -2.05. The first-order chi connectivity index (χ1) is 10.3. The Morgan fingerprint density at radius 3 is 2.81 bits per heavy atom. The number of aromatic amines is 1. The summed E-state index contributed by atoms with van der Waals surface area (Å²) in [5.74, 6) is 0.489. The van der Waals surface area contributed by atoms with Gasteiger partial charge in [0.25, 0.3) is 0 Å². The Bertz CT molecular complexity index is 726. The van der Waals surface area contributed by atoms with Crippen molar-refractivity contribution in [3.8, 4) is 6.01 Å². The van der Waals surface area contributed by atoms with Gasteiger partial charge < -0.3 is 15.0 Å². The predicted molar refractivity (Wildman–Crippen MR) is 80.8 cm³/mol. The molecule has 0 amide bonds. The SMILES string of the molecule is CCNc1nc(OC)nc(Sc2nc3ccccc3[nH]2)n1. The lowest BCUT2D eigenvalue weighted by Gasteiger charge is -2.05. The number of benzene rings is 1. The highest BCUT2D eigenvalue weighted by molar-refractivity contribution is 7.99. The third-order valence-electron chi connectivity index (χ3n) is 2.67. The number of nitrogens with zero attached hydrogens (tertiary/aromatic N) is 4. The summed E-state index contributed by atoms with van der Waals surface area (Å²) in [7, 11) is 1.53. The molecule has 0 saturated heterocycles. The van der Waals surface area contributed by atoms with Crippen molar-refractivity contribution in [1.29, 1.82) is 0 Å². The lowest BCUT2D eigenvalue weighted by molar-refractivity contribution is 0.373. The lowest BCUT2D eigenvalue weighted by atomic mass is 10.3. The van der Waals surface area contributed by atoms with E-state index < -0.39 is 0 Å². The van der Waals surface area contributed by atoms with Gasteiger partial charge in [-0.3, -0.25) is 0 Å². The minimum Gasteiger partial charge on any atom is -0.467 e. The average molecular weight is 302 g/mol. The molecule has 21 heavy (non-hydrogen) atoms. The van der Waals surface area contributed by atoms with E-state index in [1.54, 1.807) is 0 Å². The van der Waals surface area contributed by atoms with E-state index in [2.05, 4.69) is 30.2 Å². The summed E-state index contributed by atoms with van der Waals surface area (Å²) in [6.07, 6.45) is 0. The highest BCUT2D eigenvalue weighted by atomic mass is 32.2. The zero-order chi connectivity index (χ0) is 14.7. The molecule has 1 aromatic carbocycles. The van der Waals surface area contributed by atoms with Gasteiger partial charge in [0.05, 0.1) is 18.1 Å². The number of aromatic nitrogens is 5. The van der Waals surface area contributed by atoms with Gasteiger partial charge in [0, 0.05) is 6.54 Å². The number of hydrogen-bond donors (Lipinski definition) is 2. The normalized spacial score (nSPS) is 10.8. The fourth-order valence-corrected chi connectivity index (χ4v) is 2.51. The molecule has 3 aromatic rings. The molecule has 0 radical (unpaired) electrons. The first-order valence-corrected chi connectivity index (χ1v) is 7.26. The summed E-state index contributed by atoms with van der Waals surface area (Å²) < 4.78 is 5.09. The molecule has 0 aliphatic rings. The molecule has 2 N–H and O–H groups in total. The number of fused-ring (bicyclic) bond motifs is 1. The van der Waals surface area contributed by atoms with Crippen LogP contribution in [-0.2, 0) is 0 Å². The monoisotopic (exact) mass is 302 g/mol. The Morgan fingerprint density at radius 1 is 1.19 bits per heavy atom. The molecule has 0 spiro atoms. The number of ether oxygens (including phenoxy) is 1. The molecule has 108 valence electrons. The number of rotatable bonds is 5. The summed E-state index contributed by atoms with van der Waals surface area (Å²) >= 11 is 1.33. The molecule has 0 aliphatic heterocycles. The minimum absolute atomic E-state index is 0.277. The highest BCUT2D eigenvalue weighted by Crippen LogP contribution is 2.26. The second kappa shape index (κ2) is 5.96. The van der Waals surface area contributed by atoms with Gasteiger partial charge in [0.15, 0.2) is 5.16 Å². The third-order valence-corrected chi connectivity index (χ3v) is 3.42. The van der Waals surface area contributed by atoms with E-state index in [-0.39, 0.29) is 6.01 Å². The maximum atomic E-state index is 5.09. The zero-order valence-electron chi connectivity index (χ0n) is 11.6. The molecule has 2 aromatic heterocycles. The van der Waals surface area contributed by atoms with Gasteiger partial charge in [0.2, 0.25) is 11.1 Å². The molecule has 8 heteroatoms. The van der Waals surface area contributed by atoms with Gasteiger partial charge in [-0.1, -0.05) is 12.1 Å². The van der Waals surface area contributed by atoms with E-state index >= 15 is 0 Å². The van der Waals surface area contributed by atoms with Crippen LogP contribution in [0.2, 0.25) is 0 Å². The van der Waals surface area contributed by atoms with E-state index in [9.17, 15) is 0 Å². The van der Waals surface area contributed by atoms with E-state index in [1.165, 1.54) is 18.9 Å². The number of hydrogen-bond acceptors (Lipinski definition) is 7. The number of nitrogens with one attached hydrogen (secondary N) is 2. The standard InChI is InChI=1S/C13H14N6OS/c1-3-14-10-17-11(20-2)19-13(18-10)21-12-15-8-6-4-5-7-9(8)16-12/h4-7H,3H2,1-2H3,(H,15,16)(H,14,17,18,19). The second-order valence-electron chi connectivity index (χ2n) is 4.12. The quantitative estimate of drug-likeness (QED) is 0.747. The number of para-hydroxylation sites is 2. The molecule has 7 nitrogen and oxygen atoms in total. The number of methoxy groups -OCH3 is 1. The highest BCUT2D eigenvalue weighted by Gasteiger charge is 2.10. The molecular formula is C13H14N6OS. The van der Waals surface area contributed by atoms with Crippen LogP contribution >= 0.6 is 11.8 Å². The molecule has 0 aliphatic carbocycles. The zero-order valence-corrected chi connectivity index (χ0v) is 12.4. The second-order valence-corrected chi connectivity index (χ2v) is 5.08. The van der Waals surface area contributed by atoms with Crippen molar-refractivity contribution in [1.82, 2.24) is 24.9 Å². The Hall–Kier alpha value is -2.35. The van der Waals surface area contributed by atoms with Crippen molar-refractivity contribution in [2.75, 3.05) is 19.0 Å². The summed E-state index contributed by atoms with van der Waals surface area (Å²) in [6.45, 7) is 2.70. The van der Waals surface area contributed by atoms with Gasteiger partial charge in [-0.2, -0.15) is 15.0 Å². The maximum Gasteiger partial charge on any atom is 0.321 e. The smallest absolute Gasteiger partial charge is 0.321 e. The molecular weight excluding hydrogens is 288 g/mol. The van der Waals surface area contributed by atoms with Crippen molar-refractivity contribution in [3.05, 3.63) is 24.3 Å². The van der Waals surface area contributed by atoms with Crippen molar-refractivity contribution in [2.45, 2.75) is 17.2 Å². The van der Waals surface area contributed by atoms with Crippen LogP contribution in [0.5, 0.6) is 6.01 Å². The van der Waals surface area contributed by atoms with Gasteiger partial charge >= 0.3 is 6.01 Å². The van der Waals surface area contributed by atoms with Gasteiger partial charge in [-0.05, 0) is 30.8 Å². The van der Waals surface area contributed by atoms with Crippen LogP contribution in [0.4, 0.5) is 5.95 Å². The minimum atomic E-state index is 0.277. The summed E-state index contributed by atoms with van der Waals surface area (Å²) in [6, 6.07) is 8.12. The Kier molecular flexibility index (Phi) is 3.87. The van der Waals surface area contributed by atoms with E-state index in [0.717, 1.165) is 22.7 Å². The molecule has 0 atom stereocenters. The predicted octanol–water partition coefficient (Wildman–Crippen LogP) is 2.34. The van der Waals surface area contributed by atoms with Gasteiger partial charge in [-0.15, -0.1) is 0 Å². The number of imidazole rings is 1. The fraction of sp³-hybridized carbons (Fsp3) is 0.231. The van der Waals surface area contributed by atoms with Crippen LogP contribution in [0.1, 0.15) is 6.92 Å². The molecule has 0 unspecified atom stereocenters. The van der Waals surface area contributed by atoms with Crippen molar-refractivity contribution in [2.24, 2.45) is 0 Å². The maximum absolute atomic E-state index is 5.09. The largest absolute Gasteiger partial charge is 0.467 e. The number of anilines is 1. The van der Waals surface area contributed by atoms with Crippen LogP contribution in [0.15, 0.2) is 34.6 Å². The van der Waals surface area contributed by atoms with Crippen LogP contribution in [0.3, 0.4) is 0 Å². The van der Waals surface area contributed by atoms with E-state index in [4.69, 9.17) is 4.74 Å². The van der Waals surface area contributed by atoms with E-state index in [0.29, 0.717) is 11.1 Å². The molecule has 0 saturated carbocycles. The molecule has 3 rings (SSSR count). The summed E-state index contributed by atoms with van der Waals surface area (Å²) in [4.78, 5) is 20.4. The summed E-state index contributed by atoms with van der Waals surface area (Å²) in [5, 5.41) is 4.30. The van der Waals surface area contributed by atoms with Gasteiger partial charge in [0.1, 0.15) is 0 Å². The topological polar surface area (TPSA) is 88.6 Å². The Labute approximate surface area is 125 Å². The number of H-pyrrole nitrogens is 1. The van der Waals surface area contributed by atoms with Crippen molar-refractivity contribution in [3.63, 3.8) is 0 Å². The molecule has 2 heterocycles. The molecule has 0 bridgehead atoms. The van der Waals surface area contributed by atoms with Crippen LogP contribution in [-0.4, -0.2) is 38.6 Å². The third kappa shape index (κ3) is 3.05. The first kappa shape index (κ1) is 13.6. The van der Waals surface area contributed by atoms with Crippen LogP contribution < -0.4 is 10.1 Å². The van der Waals surface area contributed by atoms with E-state index in [1.807, 2.05) is 31.2 Å². The van der Waals surface area contributed by atoms with Gasteiger partial charge in [-0.25, -0.2) is 4.98 Å². The van der Waals surface area contributed by atoms with Crippen LogP contribution in [0.25, 0.3) is 11.0 Å². The van der Waals surface area contributed by atoms with Crippen molar-refractivity contribution >= 4 is 28.7 Å².